The third-order valence-electron chi connectivity index (χ3n) is 4.04. The fraction of sp³-hybridized carbons (Fsp3) is 0.643. The summed E-state index contributed by atoms with van der Waals surface area (Å²) in [6.07, 6.45) is 3.11. The van der Waals surface area contributed by atoms with Gasteiger partial charge in [0.1, 0.15) is 10.9 Å². The van der Waals surface area contributed by atoms with Crippen molar-refractivity contribution in [3.8, 4) is 0 Å². The van der Waals surface area contributed by atoms with E-state index in [2.05, 4.69) is 15.9 Å². The average Bonchev–Trinajstić information content (AvgIpc) is 3.06. The zero-order valence-corrected chi connectivity index (χ0v) is 13.3. The van der Waals surface area contributed by atoms with Crippen LogP contribution in [-0.2, 0) is 23.9 Å². The number of rotatable bonds is 4. The van der Waals surface area contributed by atoms with Crippen LogP contribution in [0, 0.1) is 11.8 Å². The summed E-state index contributed by atoms with van der Waals surface area (Å²) in [7, 11) is 0. The Bertz CT molecular complexity index is 508. The number of hydrogen-bond acceptors (Lipinski definition) is 5. The molecule has 4 atom stereocenters. The van der Waals surface area contributed by atoms with Crippen LogP contribution in [0.2, 0.25) is 0 Å². The maximum atomic E-state index is 12.3. The first-order valence-corrected chi connectivity index (χ1v) is 7.65. The second kappa shape index (κ2) is 4.91. The van der Waals surface area contributed by atoms with E-state index in [1.807, 2.05) is 12.2 Å². The van der Waals surface area contributed by atoms with Crippen LogP contribution < -0.4 is 0 Å². The second-order valence-electron chi connectivity index (χ2n) is 5.94. The minimum absolute atomic E-state index is 0.00834. The summed E-state index contributed by atoms with van der Waals surface area (Å²) in [5.74, 6) is -1.69. The number of fused-ring (bicyclic) bond motifs is 5. The van der Waals surface area contributed by atoms with Gasteiger partial charge in [0.05, 0.1) is 30.6 Å². The van der Waals surface area contributed by atoms with Gasteiger partial charge in [-0.05, 0) is 13.8 Å². The van der Waals surface area contributed by atoms with Crippen molar-refractivity contribution in [3.63, 3.8) is 0 Å². The van der Waals surface area contributed by atoms with Crippen LogP contribution in [0.4, 0.5) is 0 Å². The van der Waals surface area contributed by atoms with Crippen molar-refractivity contribution in [2.45, 2.75) is 30.4 Å². The lowest BCUT2D eigenvalue weighted by Crippen LogP contribution is -2.38. The SMILES string of the molecule is CC(C)(Br)C(=O)OCCN1C(=O)C2C3C=CC(O3)C2C1=O. The smallest absolute Gasteiger partial charge is 0.322 e. The second-order valence-corrected chi connectivity index (χ2v) is 7.92. The van der Waals surface area contributed by atoms with E-state index in [1.165, 1.54) is 4.90 Å². The molecule has 7 heteroatoms. The van der Waals surface area contributed by atoms with Crippen LogP contribution in [0.15, 0.2) is 12.2 Å². The van der Waals surface area contributed by atoms with Gasteiger partial charge in [-0.3, -0.25) is 19.3 Å². The zero-order chi connectivity index (χ0) is 15.4. The molecule has 2 bridgehead atoms. The van der Waals surface area contributed by atoms with Crippen molar-refractivity contribution < 1.29 is 23.9 Å². The van der Waals surface area contributed by atoms with Gasteiger partial charge >= 0.3 is 5.97 Å². The molecule has 3 aliphatic heterocycles. The van der Waals surface area contributed by atoms with Gasteiger partial charge in [-0.2, -0.15) is 0 Å². The number of hydrogen-bond donors (Lipinski definition) is 0. The quantitative estimate of drug-likeness (QED) is 0.319. The van der Waals surface area contributed by atoms with Crippen molar-refractivity contribution in [1.29, 1.82) is 0 Å². The highest BCUT2D eigenvalue weighted by molar-refractivity contribution is 9.10. The van der Waals surface area contributed by atoms with E-state index in [0.29, 0.717) is 0 Å². The molecule has 2 fully saturated rings. The molecule has 0 saturated carbocycles. The van der Waals surface area contributed by atoms with E-state index in [0.717, 1.165) is 0 Å². The summed E-state index contributed by atoms with van der Waals surface area (Å²) < 4.78 is 9.84. The Hall–Kier alpha value is -1.21. The molecule has 6 nitrogen and oxygen atoms in total. The molecule has 0 N–H and O–H groups in total. The molecule has 0 radical (unpaired) electrons. The number of alkyl halides is 1. The van der Waals surface area contributed by atoms with Gasteiger partial charge < -0.3 is 9.47 Å². The van der Waals surface area contributed by atoms with E-state index in [1.54, 1.807) is 13.8 Å². The van der Waals surface area contributed by atoms with Crippen LogP contribution in [0.25, 0.3) is 0 Å². The van der Waals surface area contributed by atoms with Crippen LogP contribution in [0.5, 0.6) is 0 Å². The molecule has 0 aliphatic carbocycles. The Morgan fingerprint density at radius 2 is 1.81 bits per heavy atom. The Balaban J connectivity index is 1.60. The summed E-state index contributed by atoms with van der Waals surface area (Å²) in [6.45, 7) is 3.45. The molecule has 3 aliphatic rings. The molecule has 0 aromatic rings. The Labute approximate surface area is 130 Å². The van der Waals surface area contributed by atoms with E-state index in [4.69, 9.17) is 9.47 Å². The zero-order valence-electron chi connectivity index (χ0n) is 11.7. The lowest BCUT2D eigenvalue weighted by molar-refractivity contribution is -0.150. The molecule has 3 heterocycles. The predicted molar refractivity (Wildman–Crippen MR) is 75.5 cm³/mol. The van der Waals surface area contributed by atoms with Gasteiger partial charge in [0.25, 0.3) is 0 Å². The Morgan fingerprint density at radius 1 is 1.29 bits per heavy atom. The Morgan fingerprint density at radius 3 is 2.29 bits per heavy atom. The molecule has 21 heavy (non-hydrogen) atoms. The van der Waals surface area contributed by atoms with Crippen LogP contribution in [-0.4, -0.2) is 52.4 Å². The minimum Gasteiger partial charge on any atom is -0.463 e. The number of carbonyl (C=O) groups is 3. The lowest BCUT2D eigenvalue weighted by Gasteiger charge is -2.19. The molecule has 0 aromatic heterocycles. The fourth-order valence-corrected chi connectivity index (χ4v) is 3.10. The van der Waals surface area contributed by atoms with Gasteiger partial charge in [-0.1, -0.05) is 28.1 Å². The molecular formula is C14H16BrNO5. The van der Waals surface area contributed by atoms with Gasteiger partial charge in [0.2, 0.25) is 11.8 Å². The first-order valence-electron chi connectivity index (χ1n) is 6.86. The molecule has 3 rings (SSSR count). The summed E-state index contributed by atoms with van der Waals surface area (Å²) in [5, 5.41) is 0. The topological polar surface area (TPSA) is 72.9 Å². The normalized spacial score (nSPS) is 33.8. The number of halogens is 1. The van der Waals surface area contributed by atoms with Gasteiger partial charge in [-0.25, -0.2) is 0 Å². The first kappa shape index (κ1) is 14.7. The number of esters is 1. The number of carbonyl (C=O) groups excluding carboxylic acids is 3. The summed E-state index contributed by atoms with van der Waals surface area (Å²) in [6, 6.07) is 0. The molecule has 2 amide bonds. The maximum Gasteiger partial charge on any atom is 0.322 e. The lowest BCUT2D eigenvalue weighted by atomic mass is 9.85. The number of nitrogens with zero attached hydrogens (tertiary/aromatic N) is 1. The van der Waals surface area contributed by atoms with Crippen molar-refractivity contribution in [1.82, 2.24) is 4.90 Å². The van der Waals surface area contributed by atoms with Crippen LogP contribution >= 0.6 is 15.9 Å². The van der Waals surface area contributed by atoms with E-state index in [-0.39, 0.29) is 37.2 Å². The van der Waals surface area contributed by atoms with Gasteiger partial charge in [0, 0.05) is 0 Å². The molecule has 0 spiro atoms. The third kappa shape index (κ3) is 2.32. The van der Waals surface area contributed by atoms with Crippen LogP contribution in [0.1, 0.15) is 13.8 Å². The van der Waals surface area contributed by atoms with E-state index in [9.17, 15) is 14.4 Å². The van der Waals surface area contributed by atoms with Crippen molar-refractivity contribution in [2.75, 3.05) is 13.2 Å². The molecule has 0 aromatic carbocycles. The van der Waals surface area contributed by atoms with E-state index < -0.39 is 22.1 Å². The summed E-state index contributed by atoms with van der Waals surface area (Å²) in [5.41, 5.74) is 0. The van der Waals surface area contributed by atoms with Gasteiger partial charge in [-0.15, -0.1) is 0 Å². The summed E-state index contributed by atoms with van der Waals surface area (Å²) >= 11 is 3.20. The third-order valence-corrected chi connectivity index (χ3v) is 4.36. The number of likely N-dealkylation sites (tertiary alicyclic amines) is 1. The highest BCUT2D eigenvalue weighted by Gasteiger charge is 2.60. The fourth-order valence-electron chi connectivity index (χ4n) is 2.99. The van der Waals surface area contributed by atoms with Crippen molar-refractivity contribution in [3.05, 3.63) is 12.2 Å². The molecule has 114 valence electrons. The summed E-state index contributed by atoms with van der Waals surface area (Å²) in [4.78, 5) is 37.4. The largest absolute Gasteiger partial charge is 0.463 e. The Kier molecular flexibility index (Phi) is 3.44. The molecule has 2 saturated heterocycles. The van der Waals surface area contributed by atoms with E-state index >= 15 is 0 Å². The number of ether oxygens (including phenoxy) is 2. The highest BCUT2D eigenvalue weighted by atomic mass is 79.9. The van der Waals surface area contributed by atoms with Gasteiger partial charge in [0.15, 0.2) is 0 Å². The highest BCUT2D eigenvalue weighted by Crippen LogP contribution is 2.44. The van der Waals surface area contributed by atoms with Crippen molar-refractivity contribution in [2.24, 2.45) is 11.8 Å². The first-order chi connectivity index (χ1) is 9.80. The molecule has 4 unspecified atom stereocenters. The standard InChI is InChI=1S/C14H16BrNO5/c1-14(2,15)13(19)20-6-5-16-11(17)9-7-3-4-8(21-7)10(9)12(16)18/h3-4,7-10H,5-6H2,1-2H3. The predicted octanol–water partition coefficient (Wildman–Crippen LogP) is 0.641. The van der Waals surface area contributed by atoms with Crippen molar-refractivity contribution >= 4 is 33.7 Å². The number of amides is 2. The van der Waals surface area contributed by atoms with Crippen LogP contribution in [0.3, 0.4) is 0 Å². The minimum atomic E-state index is -0.778. The maximum absolute atomic E-state index is 12.3. The number of imide groups is 1. The molecular weight excluding hydrogens is 342 g/mol. The average molecular weight is 358 g/mol. The monoisotopic (exact) mass is 357 g/mol.